The van der Waals surface area contributed by atoms with Gasteiger partial charge in [0.25, 0.3) is 0 Å². The van der Waals surface area contributed by atoms with E-state index in [4.69, 9.17) is 10.8 Å². The van der Waals surface area contributed by atoms with E-state index in [1.165, 1.54) is 5.57 Å². The normalized spacial score (nSPS) is 31.3. The van der Waals surface area contributed by atoms with Crippen LogP contribution in [0.1, 0.15) is 19.8 Å². The summed E-state index contributed by atoms with van der Waals surface area (Å²) in [6.45, 7) is 1.98. The topological polar surface area (TPSA) is 63.3 Å². The zero-order valence-electron chi connectivity index (χ0n) is 6.58. The van der Waals surface area contributed by atoms with Gasteiger partial charge in [-0.2, -0.15) is 0 Å². The van der Waals surface area contributed by atoms with Crippen molar-refractivity contribution in [3.05, 3.63) is 11.6 Å². The van der Waals surface area contributed by atoms with Crippen LogP contribution in [0.3, 0.4) is 0 Å². The first-order valence-electron chi connectivity index (χ1n) is 3.77. The fourth-order valence-electron chi connectivity index (χ4n) is 1.39. The highest BCUT2D eigenvalue weighted by molar-refractivity contribution is 5.71. The van der Waals surface area contributed by atoms with Gasteiger partial charge in [0.2, 0.25) is 0 Å². The van der Waals surface area contributed by atoms with Gasteiger partial charge in [-0.25, -0.2) is 0 Å². The lowest BCUT2D eigenvalue weighted by molar-refractivity contribution is -0.142. The number of hydrogen-bond donors (Lipinski definition) is 2. The Balaban J connectivity index is 2.68. The molecule has 2 unspecified atom stereocenters. The number of carbonyl (C=O) groups is 1. The standard InChI is InChI=1S/C8H13NO2/c1-5-2-3-6(8(10)11)7(9)4-5/h4,6-7H,2-3,9H2,1H3,(H,10,11). The molecule has 0 radical (unpaired) electrons. The first-order chi connectivity index (χ1) is 5.11. The zero-order chi connectivity index (χ0) is 8.43. The summed E-state index contributed by atoms with van der Waals surface area (Å²) in [7, 11) is 0. The lowest BCUT2D eigenvalue weighted by Crippen LogP contribution is -2.36. The molecule has 0 heterocycles. The lowest BCUT2D eigenvalue weighted by atomic mass is 9.87. The van der Waals surface area contributed by atoms with Crippen molar-refractivity contribution >= 4 is 5.97 Å². The first kappa shape index (κ1) is 8.27. The second kappa shape index (κ2) is 3.05. The predicted octanol–water partition coefficient (Wildman–Crippen LogP) is 0.755. The molecule has 0 aromatic carbocycles. The van der Waals surface area contributed by atoms with E-state index in [0.717, 1.165) is 6.42 Å². The monoisotopic (exact) mass is 155 g/mol. The molecule has 3 heteroatoms. The summed E-state index contributed by atoms with van der Waals surface area (Å²) in [5, 5.41) is 8.69. The van der Waals surface area contributed by atoms with E-state index in [9.17, 15) is 4.79 Å². The average molecular weight is 155 g/mol. The van der Waals surface area contributed by atoms with E-state index in [1.807, 2.05) is 13.0 Å². The second-order valence-electron chi connectivity index (χ2n) is 3.07. The number of carboxylic acid groups (broad SMARTS) is 1. The highest BCUT2D eigenvalue weighted by Crippen LogP contribution is 2.22. The molecule has 2 atom stereocenters. The van der Waals surface area contributed by atoms with Gasteiger partial charge < -0.3 is 10.8 Å². The largest absolute Gasteiger partial charge is 0.481 e. The first-order valence-corrected chi connectivity index (χ1v) is 3.77. The number of allylic oxidation sites excluding steroid dienone is 1. The van der Waals surface area contributed by atoms with Gasteiger partial charge in [0.1, 0.15) is 0 Å². The molecule has 11 heavy (non-hydrogen) atoms. The van der Waals surface area contributed by atoms with Crippen LogP contribution < -0.4 is 5.73 Å². The van der Waals surface area contributed by atoms with Crippen LogP contribution in [0.5, 0.6) is 0 Å². The number of hydrogen-bond acceptors (Lipinski definition) is 2. The molecule has 0 bridgehead atoms. The van der Waals surface area contributed by atoms with Crippen molar-refractivity contribution in [2.75, 3.05) is 0 Å². The number of nitrogens with two attached hydrogens (primary N) is 1. The minimum Gasteiger partial charge on any atom is -0.481 e. The third-order valence-corrected chi connectivity index (χ3v) is 2.11. The minimum absolute atomic E-state index is 0.291. The van der Waals surface area contributed by atoms with Crippen molar-refractivity contribution in [2.24, 2.45) is 11.7 Å². The molecule has 0 fully saturated rings. The van der Waals surface area contributed by atoms with Crippen LogP contribution in [0.15, 0.2) is 11.6 Å². The maximum atomic E-state index is 10.6. The molecule has 1 aliphatic rings. The maximum Gasteiger partial charge on any atom is 0.308 e. The Kier molecular flexibility index (Phi) is 2.29. The van der Waals surface area contributed by atoms with Gasteiger partial charge >= 0.3 is 5.97 Å². The third-order valence-electron chi connectivity index (χ3n) is 2.11. The van der Waals surface area contributed by atoms with Crippen molar-refractivity contribution in [3.63, 3.8) is 0 Å². The lowest BCUT2D eigenvalue weighted by Gasteiger charge is -2.22. The number of aliphatic carboxylic acids is 1. The van der Waals surface area contributed by atoms with Crippen molar-refractivity contribution in [3.8, 4) is 0 Å². The SMILES string of the molecule is CC1=CC(N)C(C(=O)O)CC1. The molecule has 0 spiro atoms. The fourth-order valence-corrected chi connectivity index (χ4v) is 1.39. The Labute approximate surface area is 65.9 Å². The highest BCUT2D eigenvalue weighted by atomic mass is 16.4. The van der Waals surface area contributed by atoms with Crippen LogP contribution in [-0.2, 0) is 4.79 Å². The van der Waals surface area contributed by atoms with Gasteiger partial charge in [0.15, 0.2) is 0 Å². The summed E-state index contributed by atoms with van der Waals surface area (Å²) in [5.74, 6) is -1.15. The van der Waals surface area contributed by atoms with Crippen LogP contribution in [-0.4, -0.2) is 17.1 Å². The van der Waals surface area contributed by atoms with Gasteiger partial charge in [-0.3, -0.25) is 4.79 Å². The van der Waals surface area contributed by atoms with Crippen LogP contribution >= 0.6 is 0 Å². The Hall–Kier alpha value is -0.830. The molecule has 0 saturated heterocycles. The molecule has 0 saturated carbocycles. The zero-order valence-corrected chi connectivity index (χ0v) is 6.58. The van der Waals surface area contributed by atoms with Crippen molar-refractivity contribution in [1.82, 2.24) is 0 Å². The van der Waals surface area contributed by atoms with Crippen LogP contribution in [0, 0.1) is 5.92 Å². The van der Waals surface area contributed by atoms with Crippen molar-refractivity contribution < 1.29 is 9.90 Å². The van der Waals surface area contributed by atoms with E-state index in [2.05, 4.69) is 0 Å². The smallest absolute Gasteiger partial charge is 0.308 e. The summed E-state index contributed by atoms with van der Waals surface area (Å²) in [4.78, 5) is 10.6. The molecule has 0 aliphatic heterocycles. The summed E-state index contributed by atoms with van der Waals surface area (Å²) in [6.07, 6.45) is 3.39. The quantitative estimate of drug-likeness (QED) is 0.549. The number of carboxylic acids is 1. The number of rotatable bonds is 1. The van der Waals surface area contributed by atoms with Crippen molar-refractivity contribution in [2.45, 2.75) is 25.8 Å². The molecule has 0 aromatic heterocycles. The van der Waals surface area contributed by atoms with Crippen LogP contribution in [0.4, 0.5) is 0 Å². The highest BCUT2D eigenvalue weighted by Gasteiger charge is 2.26. The van der Waals surface area contributed by atoms with Gasteiger partial charge in [-0.15, -0.1) is 0 Å². The molecule has 62 valence electrons. The maximum absolute atomic E-state index is 10.6. The summed E-state index contributed by atoms with van der Waals surface area (Å²) in [5.41, 5.74) is 6.82. The van der Waals surface area contributed by atoms with Crippen LogP contribution in [0.2, 0.25) is 0 Å². The summed E-state index contributed by atoms with van der Waals surface area (Å²) < 4.78 is 0. The van der Waals surface area contributed by atoms with E-state index in [0.29, 0.717) is 6.42 Å². The van der Waals surface area contributed by atoms with Crippen molar-refractivity contribution in [1.29, 1.82) is 0 Å². The molecule has 3 N–H and O–H groups in total. The van der Waals surface area contributed by atoms with Gasteiger partial charge in [0, 0.05) is 6.04 Å². The summed E-state index contributed by atoms with van der Waals surface area (Å²) in [6, 6.07) is -0.291. The van der Waals surface area contributed by atoms with Gasteiger partial charge in [-0.05, 0) is 19.8 Å². The molecule has 0 amide bonds. The van der Waals surface area contributed by atoms with E-state index >= 15 is 0 Å². The summed E-state index contributed by atoms with van der Waals surface area (Å²) >= 11 is 0. The third kappa shape index (κ3) is 1.80. The van der Waals surface area contributed by atoms with Crippen LogP contribution in [0.25, 0.3) is 0 Å². The van der Waals surface area contributed by atoms with Gasteiger partial charge in [-0.1, -0.05) is 11.6 Å². The Morgan fingerprint density at radius 1 is 1.82 bits per heavy atom. The Morgan fingerprint density at radius 3 is 2.91 bits per heavy atom. The Morgan fingerprint density at radius 2 is 2.45 bits per heavy atom. The molecule has 0 aromatic rings. The second-order valence-corrected chi connectivity index (χ2v) is 3.07. The molecule has 1 aliphatic carbocycles. The predicted molar refractivity (Wildman–Crippen MR) is 42.1 cm³/mol. The molecular weight excluding hydrogens is 142 g/mol. The van der Waals surface area contributed by atoms with E-state index in [-0.39, 0.29) is 12.0 Å². The minimum atomic E-state index is -0.777. The fraction of sp³-hybridized carbons (Fsp3) is 0.625. The molecule has 3 nitrogen and oxygen atoms in total. The molecular formula is C8H13NO2. The Bertz CT molecular complexity index is 198. The van der Waals surface area contributed by atoms with E-state index < -0.39 is 5.97 Å². The van der Waals surface area contributed by atoms with E-state index in [1.54, 1.807) is 0 Å². The molecule has 1 rings (SSSR count). The van der Waals surface area contributed by atoms with Gasteiger partial charge in [0.05, 0.1) is 5.92 Å². The average Bonchev–Trinajstić information content (AvgIpc) is 1.85.